The fourth-order valence-electron chi connectivity index (χ4n) is 5.69. The first-order valence-corrected chi connectivity index (χ1v) is 17.6. The van der Waals surface area contributed by atoms with Gasteiger partial charge in [-0.1, -0.05) is 56.4 Å². The van der Waals surface area contributed by atoms with E-state index >= 15 is 0 Å². The number of amides is 5. The van der Waals surface area contributed by atoms with E-state index in [4.69, 9.17) is 37.9 Å². The van der Waals surface area contributed by atoms with E-state index in [1.807, 2.05) is 0 Å². The molecular formula is C34H51F3N10O9. The number of nitrogens with one attached hydrogen (secondary N) is 7. The molecule has 2 rings (SSSR count). The zero-order valence-electron chi connectivity index (χ0n) is 30.8. The van der Waals surface area contributed by atoms with Crippen LogP contribution in [-0.2, 0) is 40.0 Å². The minimum absolute atomic E-state index is 0.0312. The van der Waals surface area contributed by atoms with E-state index in [2.05, 4.69) is 26.6 Å². The van der Waals surface area contributed by atoms with Crippen LogP contribution in [0.15, 0.2) is 24.3 Å². The van der Waals surface area contributed by atoms with E-state index in [9.17, 15) is 47.0 Å². The molecule has 22 heteroatoms. The van der Waals surface area contributed by atoms with Gasteiger partial charge in [0, 0.05) is 25.6 Å². The van der Waals surface area contributed by atoms with Gasteiger partial charge in [-0.2, -0.15) is 13.2 Å². The second kappa shape index (κ2) is 23.7. The molecular weight excluding hydrogens is 749 g/mol. The van der Waals surface area contributed by atoms with Gasteiger partial charge in [0.25, 0.3) is 0 Å². The van der Waals surface area contributed by atoms with Crippen molar-refractivity contribution in [3.05, 3.63) is 35.4 Å². The molecule has 1 unspecified atom stereocenters. The molecule has 4 atom stereocenters. The van der Waals surface area contributed by atoms with Gasteiger partial charge in [-0.05, 0) is 43.6 Å². The molecule has 1 fully saturated rings. The Hall–Kier alpha value is -5.96. The Balaban J connectivity index is 0.00000203. The van der Waals surface area contributed by atoms with Crippen LogP contribution in [0, 0.1) is 22.7 Å². The largest absolute Gasteiger partial charge is 0.490 e. The summed E-state index contributed by atoms with van der Waals surface area (Å²) in [4.78, 5) is 86.0. The van der Waals surface area contributed by atoms with Gasteiger partial charge in [-0.3, -0.25) is 39.6 Å². The summed E-state index contributed by atoms with van der Waals surface area (Å²) >= 11 is 0. The number of aliphatic carboxylic acids is 2. The number of carboxylic acids is 2. The molecule has 0 saturated heterocycles. The van der Waals surface area contributed by atoms with Crippen molar-refractivity contribution < 1.29 is 56.9 Å². The Morgan fingerprint density at radius 3 is 1.79 bits per heavy atom. The summed E-state index contributed by atoms with van der Waals surface area (Å²) in [5.74, 6) is -9.36. The van der Waals surface area contributed by atoms with Crippen molar-refractivity contribution in [2.75, 3.05) is 13.6 Å². The third-order valence-corrected chi connectivity index (χ3v) is 8.68. The molecule has 0 aromatic heterocycles. The summed E-state index contributed by atoms with van der Waals surface area (Å²) < 4.78 is 31.7. The highest BCUT2D eigenvalue weighted by atomic mass is 19.4. The van der Waals surface area contributed by atoms with Crippen LogP contribution in [0.25, 0.3) is 0 Å². The highest BCUT2D eigenvalue weighted by molar-refractivity contribution is 6.02. The lowest BCUT2D eigenvalue weighted by molar-refractivity contribution is -0.192. The van der Waals surface area contributed by atoms with E-state index in [0.29, 0.717) is 17.5 Å². The topological polar surface area (TPSA) is 346 Å². The van der Waals surface area contributed by atoms with Crippen molar-refractivity contribution in [3.63, 3.8) is 0 Å². The molecule has 0 spiro atoms. The SMILES string of the molecule is CNC(=O)C(Cc1ccc(C(=N)N)cc1)C(=O)N[C@@H](CCC(=O)O)C(=O)N[C@@H](CCCNC(=N)N)C(=O)N[C@@H](CC1CCCCC1)C(N)=O.O=C(O)C(F)(F)F. The van der Waals surface area contributed by atoms with E-state index in [0.717, 1.165) is 32.1 Å². The maximum absolute atomic E-state index is 13.6. The Morgan fingerprint density at radius 1 is 0.804 bits per heavy atom. The Kier molecular flexibility index (Phi) is 20.4. The highest BCUT2D eigenvalue weighted by Gasteiger charge is 2.38. The second-order valence-electron chi connectivity index (χ2n) is 13.0. The molecule has 1 aromatic carbocycles. The average molecular weight is 801 g/mol. The zero-order chi connectivity index (χ0) is 42.6. The lowest BCUT2D eigenvalue weighted by Gasteiger charge is -2.28. The van der Waals surface area contributed by atoms with Crippen molar-refractivity contribution in [1.29, 1.82) is 10.8 Å². The predicted molar refractivity (Wildman–Crippen MR) is 195 cm³/mol. The minimum Gasteiger partial charge on any atom is -0.481 e. The van der Waals surface area contributed by atoms with Crippen LogP contribution in [0.3, 0.4) is 0 Å². The van der Waals surface area contributed by atoms with Gasteiger partial charge in [0.2, 0.25) is 29.5 Å². The number of primary amides is 1. The number of amidine groups is 1. The van der Waals surface area contributed by atoms with Crippen molar-refractivity contribution in [2.45, 2.75) is 94.9 Å². The normalized spacial score (nSPS) is 14.9. The van der Waals surface area contributed by atoms with Crippen molar-refractivity contribution in [2.24, 2.45) is 29.0 Å². The van der Waals surface area contributed by atoms with Gasteiger partial charge < -0.3 is 54.0 Å². The van der Waals surface area contributed by atoms with Crippen LogP contribution in [0.4, 0.5) is 13.2 Å². The van der Waals surface area contributed by atoms with E-state index in [1.54, 1.807) is 24.3 Å². The van der Waals surface area contributed by atoms with Crippen LogP contribution < -0.4 is 43.8 Å². The standard InChI is InChI=1S/C32H50N10O7.C2HF3O2/c1-38-28(46)21(16-19-9-11-20(12-10-19)26(33)34)29(47)40-23(13-14-25(43)44)31(49)41-22(8-5-15-39-32(36)37)30(48)42-24(27(35)45)17-18-6-3-2-4-7-18;3-2(4,5)1(6)7/h9-12,18,21-24H,2-8,13-17H2,1H3,(H3,33,34)(H2,35,45)(H,38,46)(H,40,47)(H,41,49)(H,42,48)(H,43,44)(H4,36,37,39);(H,6,7)/t21?,22-,23-,24-;/m0./s1. The summed E-state index contributed by atoms with van der Waals surface area (Å²) in [6, 6.07) is 2.68. The number of nitrogens with two attached hydrogens (primary N) is 3. The van der Waals surface area contributed by atoms with Crippen LogP contribution >= 0.6 is 0 Å². The Labute approximate surface area is 320 Å². The first-order chi connectivity index (χ1) is 26.2. The summed E-state index contributed by atoms with van der Waals surface area (Å²) in [7, 11) is 1.34. The maximum Gasteiger partial charge on any atom is 0.490 e. The van der Waals surface area contributed by atoms with E-state index in [-0.39, 0.29) is 49.9 Å². The first-order valence-electron chi connectivity index (χ1n) is 17.6. The second-order valence-corrected chi connectivity index (χ2v) is 13.0. The zero-order valence-corrected chi connectivity index (χ0v) is 30.8. The summed E-state index contributed by atoms with van der Waals surface area (Å²) in [5.41, 5.74) is 17.5. The number of nitrogen functional groups attached to an aromatic ring is 1. The fourth-order valence-corrected chi connectivity index (χ4v) is 5.69. The lowest BCUT2D eigenvalue weighted by atomic mass is 9.84. The van der Waals surface area contributed by atoms with Crippen LogP contribution in [0.5, 0.6) is 0 Å². The van der Waals surface area contributed by atoms with Crippen molar-refractivity contribution in [3.8, 4) is 0 Å². The molecule has 1 saturated carbocycles. The minimum atomic E-state index is -5.08. The molecule has 56 heavy (non-hydrogen) atoms. The molecule has 1 aromatic rings. The summed E-state index contributed by atoms with van der Waals surface area (Å²) in [6.45, 7) is 0.191. The number of carboxylic acid groups (broad SMARTS) is 2. The molecule has 5 amide bonds. The van der Waals surface area contributed by atoms with Gasteiger partial charge in [-0.25, -0.2) is 4.79 Å². The molecule has 1 aliphatic rings. The molecule has 0 heterocycles. The number of alkyl halides is 3. The Morgan fingerprint density at radius 2 is 1.32 bits per heavy atom. The van der Waals surface area contributed by atoms with Gasteiger partial charge in [0.05, 0.1) is 0 Å². The highest BCUT2D eigenvalue weighted by Crippen LogP contribution is 2.27. The molecule has 0 radical (unpaired) electrons. The fraction of sp³-hybridized carbons (Fsp3) is 0.559. The van der Waals surface area contributed by atoms with Gasteiger partial charge in [0.1, 0.15) is 29.9 Å². The maximum atomic E-state index is 13.6. The number of benzene rings is 1. The lowest BCUT2D eigenvalue weighted by Crippen LogP contribution is -2.57. The van der Waals surface area contributed by atoms with Crippen LogP contribution in [0.2, 0.25) is 0 Å². The molecule has 0 aliphatic heterocycles. The van der Waals surface area contributed by atoms with Crippen LogP contribution in [-0.4, -0.2) is 101 Å². The number of carbonyl (C=O) groups is 7. The molecule has 19 nitrogen and oxygen atoms in total. The third-order valence-electron chi connectivity index (χ3n) is 8.68. The number of hydrogen-bond donors (Lipinski definition) is 12. The van der Waals surface area contributed by atoms with Gasteiger partial charge in [0.15, 0.2) is 5.96 Å². The first kappa shape index (κ1) is 48.1. The van der Waals surface area contributed by atoms with Gasteiger partial charge >= 0.3 is 18.1 Å². The Bertz CT molecular complexity index is 1550. The third kappa shape index (κ3) is 18.4. The summed E-state index contributed by atoms with van der Waals surface area (Å²) in [5, 5.41) is 44.1. The van der Waals surface area contributed by atoms with Crippen molar-refractivity contribution in [1.82, 2.24) is 26.6 Å². The molecule has 1 aliphatic carbocycles. The predicted octanol–water partition coefficient (Wildman–Crippen LogP) is -0.453. The summed E-state index contributed by atoms with van der Waals surface area (Å²) in [6.07, 6.45) is -0.450. The number of hydrogen-bond acceptors (Lipinski definition) is 9. The molecule has 312 valence electrons. The molecule has 15 N–H and O–H groups in total. The smallest absolute Gasteiger partial charge is 0.481 e. The van der Waals surface area contributed by atoms with Crippen molar-refractivity contribution >= 4 is 53.3 Å². The number of halogens is 3. The van der Waals surface area contributed by atoms with Crippen LogP contribution in [0.1, 0.15) is 75.3 Å². The van der Waals surface area contributed by atoms with E-state index < -0.39 is 78.1 Å². The molecule has 0 bridgehead atoms. The number of rotatable bonds is 20. The number of guanidine groups is 1. The van der Waals surface area contributed by atoms with E-state index in [1.165, 1.54) is 7.05 Å². The monoisotopic (exact) mass is 800 g/mol. The average Bonchev–Trinajstić information content (AvgIpc) is 3.12. The van der Waals surface area contributed by atoms with Gasteiger partial charge in [-0.15, -0.1) is 0 Å². The quantitative estimate of drug-likeness (QED) is 0.0345. The number of carbonyl (C=O) groups excluding carboxylic acids is 5.